The van der Waals surface area contributed by atoms with E-state index in [1.54, 1.807) is 0 Å². The number of piperidine rings is 1. The lowest BCUT2D eigenvalue weighted by molar-refractivity contribution is -0.130. The van der Waals surface area contributed by atoms with Gasteiger partial charge >= 0.3 is 0 Å². The molecule has 1 aromatic rings. The van der Waals surface area contributed by atoms with E-state index in [0.29, 0.717) is 12.1 Å². The minimum Gasteiger partial charge on any atom is -0.357 e. The number of rotatable bonds is 6. The fourth-order valence-electron chi connectivity index (χ4n) is 4.14. The van der Waals surface area contributed by atoms with Gasteiger partial charge in [0.15, 0.2) is 5.96 Å². The zero-order valence-corrected chi connectivity index (χ0v) is 20.1. The topological polar surface area (TPSA) is 60.0 Å². The molecule has 2 aliphatic rings. The van der Waals surface area contributed by atoms with Crippen molar-refractivity contribution in [2.45, 2.75) is 58.2 Å². The second-order valence-electron chi connectivity index (χ2n) is 7.98. The Bertz CT molecular complexity index is 648. The Morgan fingerprint density at radius 1 is 1.17 bits per heavy atom. The monoisotopic (exact) mass is 513 g/mol. The van der Waals surface area contributed by atoms with Crippen LogP contribution in [-0.4, -0.2) is 66.5 Å². The van der Waals surface area contributed by atoms with E-state index < -0.39 is 0 Å². The zero-order valence-electron chi connectivity index (χ0n) is 17.8. The first-order valence-electron chi connectivity index (χ1n) is 10.8. The van der Waals surface area contributed by atoms with Crippen LogP contribution in [0.1, 0.15) is 45.1 Å². The summed E-state index contributed by atoms with van der Waals surface area (Å²) in [6.07, 6.45) is 4.55. The first kappa shape index (κ1) is 23.9. The minimum absolute atomic E-state index is 0. The largest absolute Gasteiger partial charge is 0.357 e. The highest BCUT2D eigenvalue weighted by Gasteiger charge is 2.29. The van der Waals surface area contributed by atoms with Crippen LogP contribution in [0.15, 0.2) is 35.3 Å². The molecule has 29 heavy (non-hydrogen) atoms. The molecule has 3 rings (SSSR count). The highest BCUT2D eigenvalue weighted by Crippen LogP contribution is 2.20. The predicted molar refractivity (Wildman–Crippen MR) is 130 cm³/mol. The minimum atomic E-state index is 0. The Kier molecular flexibility index (Phi) is 10.2. The van der Waals surface area contributed by atoms with Crippen molar-refractivity contribution < 1.29 is 4.79 Å². The van der Waals surface area contributed by atoms with Crippen LogP contribution in [0.3, 0.4) is 0 Å². The van der Waals surface area contributed by atoms with E-state index in [4.69, 9.17) is 0 Å². The van der Waals surface area contributed by atoms with Crippen molar-refractivity contribution >= 4 is 35.8 Å². The van der Waals surface area contributed by atoms with Crippen molar-refractivity contribution in [3.8, 4) is 0 Å². The molecule has 7 heteroatoms. The summed E-state index contributed by atoms with van der Waals surface area (Å²) in [4.78, 5) is 21.4. The summed E-state index contributed by atoms with van der Waals surface area (Å²) < 4.78 is 0. The number of amides is 1. The number of nitrogens with one attached hydrogen (secondary N) is 2. The smallest absolute Gasteiger partial charge is 0.244 e. The predicted octanol–water partition coefficient (Wildman–Crippen LogP) is 2.84. The molecule has 0 spiro atoms. The molecule has 0 saturated carbocycles. The van der Waals surface area contributed by atoms with Gasteiger partial charge in [0.05, 0.1) is 0 Å². The normalized spacial score (nSPS) is 22.8. The maximum atomic E-state index is 12.4. The van der Waals surface area contributed by atoms with Crippen molar-refractivity contribution in [3.63, 3.8) is 0 Å². The number of hydrogen-bond acceptors (Lipinski definition) is 3. The Balaban J connectivity index is 0.00000300. The fourth-order valence-corrected chi connectivity index (χ4v) is 4.14. The van der Waals surface area contributed by atoms with Gasteiger partial charge in [-0.05, 0) is 45.1 Å². The van der Waals surface area contributed by atoms with Gasteiger partial charge in [-0.1, -0.05) is 30.3 Å². The van der Waals surface area contributed by atoms with Gasteiger partial charge in [0.25, 0.3) is 0 Å². The fraction of sp³-hybridized carbons (Fsp3) is 0.636. The molecule has 0 bridgehead atoms. The Morgan fingerprint density at radius 3 is 2.59 bits per heavy atom. The molecule has 2 saturated heterocycles. The van der Waals surface area contributed by atoms with Crippen LogP contribution in [0.25, 0.3) is 0 Å². The van der Waals surface area contributed by atoms with E-state index in [1.807, 2.05) is 4.90 Å². The molecule has 2 fully saturated rings. The molecule has 0 aliphatic carbocycles. The number of likely N-dealkylation sites (tertiary alicyclic amines) is 2. The van der Waals surface area contributed by atoms with Gasteiger partial charge < -0.3 is 15.5 Å². The quantitative estimate of drug-likeness (QED) is 0.349. The molecule has 162 valence electrons. The Labute approximate surface area is 192 Å². The molecule has 0 aromatic heterocycles. The summed E-state index contributed by atoms with van der Waals surface area (Å²) >= 11 is 0. The van der Waals surface area contributed by atoms with E-state index in [9.17, 15) is 4.79 Å². The third-order valence-corrected chi connectivity index (χ3v) is 5.70. The number of halogens is 1. The Hall–Kier alpha value is -1.35. The molecule has 1 aromatic carbocycles. The number of benzene rings is 1. The molecule has 2 N–H and O–H groups in total. The standard InChI is InChI=1S/C22H35N5O.HI/c1-3-23-22(24-15-21(28)26-12-8-5-9-13-26)25-20-14-18(2)27(17-20)16-19-10-6-4-7-11-19;/h4,6-7,10-11,18,20H,3,5,8-9,12-17H2,1-2H3,(H2,23,24,25);1H. The molecule has 2 heterocycles. The highest BCUT2D eigenvalue weighted by atomic mass is 127. The number of guanidine groups is 1. The van der Waals surface area contributed by atoms with E-state index in [2.05, 4.69) is 64.7 Å². The average Bonchev–Trinajstić information content (AvgIpc) is 3.06. The summed E-state index contributed by atoms with van der Waals surface area (Å²) in [5, 5.41) is 6.84. The first-order valence-corrected chi connectivity index (χ1v) is 10.8. The number of hydrogen-bond donors (Lipinski definition) is 2. The van der Waals surface area contributed by atoms with Gasteiger partial charge in [0.2, 0.25) is 5.91 Å². The van der Waals surface area contributed by atoms with Gasteiger partial charge in [0.1, 0.15) is 6.54 Å². The summed E-state index contributed by atoms with van der Waals surface area (Å²) in [5.74, 6) is 0.897. The van der Waals surface area contributed by atoms with E-state index in [1.165, 1.54) is 12.0 Å². The van der Waals surface area contributed by atoms with E-state index in [-0.39, 0.29) is 36.4 Å². The SMILES string of the molecule is CCNC(=NCC(=O)N1CCCCC1)NC1CC(C)N(Cc2ccccc2)C1.I. The van der Waals surface area contributed by atoms with Gasteiger partial charge in [-0.2, -0.15) is 0 Å². The van der Waals surface area contributed by atoms with Crippen LogP contribution < -0.4 is 10.6 Å². The molecule has 0 radical (unpaired) electrons. The highest BCUT2D eigenvalue weighted by molar-refractivity contribution is 14.0. The molecular formula is C22H36IN5O. The van der Waals surface area contributed by atoms with Crippen LogP contribution in [-0.2, 0) is 11.3 Å². The second kappa shape index (κ2) is 12.4. The van der Waals surface area contributed by atoms with Gasteiger partial charge in [-0.15, -0.1) is 24.0 Å². The third-order valence-electron chi connectivity index (χ3n) is 5.70. The first-order chi connectivity index (χ1) is 13.7. The second-order valence-corrected chi connectivity index (χ2v) is 7.98. The van der Waals surface area contributed by atoms with Gasteiger partial charge in [-0.3, -0.25) is 9.69 Å². The van der Waals surface area contributed by atoms with E-state index in [0.717, 1.165) is 57.9 Å². The number of carbonyl (C=O) groups is 1. The summed E-state index contributed by atoms with van der Waals surface area (Å²) in [7, 11) is 0. The van der Waals surface area contributed by atoms with Crippen molar-refractivity contribution in [2.24, 2.45) is 4.99 Å². The van der Waals surface area contributed by atoms with Gasteiger partial charge in [0, 0.05) is 44.8 Å². The van der Waals surface area contributed by atoms with Crippen LogP contribution in [0.2, 0.25) is 0 Å². The van der Waals surface area contributed by atoms with Crippen LogP contribution in [0.5, 0.6) is 0 Å². The van der Waals surface area contributed by atoms with Crippen molar-refractivity contribution in [1.29, 1.82) is 0 Å². The van der Waals surface area contributed by atoms with Crippen LogP contribution >= 0.6 is 24.0 Å². The van der Waals surface area contributed by atoms with Gasteiger partial charge in [-0.25, -0.2) is 4.99 Å². The van der Waals surface area contributed by atoms with Crippen LogP contribution in [0.4, 0.5) is 0 Å². The number of carbonyl (C=O) groups excluding carboxylic acids is 1. The molecule has 2 unspecified atom stereocenters. The molecule has 2 atom stereocenters. The zero-order chi connectivity index (χ0) is 19.8. The summed E-state index contributed by atoms with van der Waals surface area (Å²) in [6, 6.07) is 11.5. The lowest BCUT2D eigenvalue weighted by Crippen LogP contribution is -2.45. The van der Waals surface area contributed by atoms with Crippen LogP contribution in [0, 0.1) is 0 Å². The molecule has 2 aliphatic heterocycles. The number of nitrogens with zero attached hydrogens (tertiary/aromatic N) is 3. The molecular weight excluding hydrogens is 477 g/mol. The Morgan fingerprint density at radius 2 is 1.90 bits per heavy atom. The lowest BCUT2D eigenvalue weighted by Gasteiger charge is -2.26. The summed E-state index contributed by atoms with van der Waals surface area (Å²) in [6.45, 7) is 9.09. The lowest BCUT2D eigenvalue weighted by atomic mass is 10.1. The van der Waals surface area contributed by atoms with Crippen molar-refractivity contribution in [2.75, 3.05) is 32.7 Å². The average molecular weight is 513 g/mol. The third kappa shape index (κ3) is 7.44. The summed E-state index contributed by atoms with van der Waals surface area (Å²) in [5.41, 5.74) is 1.35. The molecule has 6 nitrogen and oxygen atoms in total. The molecule has 1 amide bonds. The van der Waals surface area contributed by atoms with Crippen molar-refractivity contribution in [1.82, 2.24) is 20.4 Å². The van der Waals surface area contributed by atoms with Crippen molar-refractivity contribution in [3.05, 3.63) is 35.9 Å². The maximum Gasteiger partial charge on any atom is 0.244 e. The maximum absolute atomic E-state index is 12.4. The van der Waals surface area contributed by atoms with E-state index >= 15 is 0 Å². The number of aliphatic imine (C=N–C) groups is 1.